The van der Waals surface area contributed by atoms with Gasteiger partial charge in [0.05, 0.1) is 0 Å². The standard InChI is InChI=1S/C17H19NO/c1-2-12-6-8-13(9-7-12)16-5-3-4-14-10-15(11-18)19-17(14)16/h3-9,15H,2,10-11,18H2,1H3/t15-/m0/s1. The smallest absolute Gasteiger partial charge is 0.130 e. The summed E-state index contributed by atoms with van der Waals surface area (Å²) in [4.78, 5) is 0. The van der Waals surface area contributed by atoms with E-state index in [0.717, 1.165) is 18.6 Å². The van der Waals surface area contributed by atoms with Gasteiger partial charge in [-0.3, -0.25) is 0 Å². The predicted molar refractivity (Wildman–Crippen MR) is 78.4 cm³/mol. The molecule has 0 saturated carbocycles. The van der Waals surface area contributed by atoms with E-state index in [1.807, 2.05) is 0 Å². The molecule has 0 unspecified atom stereocenters. The van der Waals surface area contributed by atoms with Gasteiger partial charge in [-0.1, -0.05) is 49.4 Å². The lowest BCUT2D eigenvalue weighted by atomic mass is 9.99. The van der Waals surface area contributed by atoms with Crippen molar-refractivity contribution in [3.05, 3.63) is 53.6 Å². The van der Waals surface area contributed by atoms with Crippen molar-refractivity contribution in [2.45, 2.75) is 25.9 Å². The highest BCUT2D eigenvalue weighted by Gasteiger charge is 2.24. The second-order valence-electron chi connectivity index (χ2n) is 5.02. The van der Waals surface area contributed by atoms with E-state index in [-0.39, 0.29) is 6.10 Å². The van der Waals surface area contributed by atoms with E-state index in [1.54, 1.807) is 0 Å². The molecular weight excluding hydrogens is 234 g/mol. The minimum absolute atomic E-state index is 0.131. The normalized spacial score (nSPS) is 17.1. The largest absolute Gasteiger partial charge is 0.488 e. The highest BCUT2D eigenvalue weighted by atomic mass is 16.5. The zero-order chi connectivity index (χ0) is 13.2. The molecule has 0 radical (unpaired) electrons. The molecule has 2 nitrogen and oxygen atoms in total. The molecule has 2 heteroatoms. The number of para-hydroxylation sites is 1. The van der Waals surface area contributed by atoms with Crippen molar-refractivity contribution in [1.82, 2.24) is 0 Å². The summed E-state index contributed by atoms with van der Waals surface area (Å²) in [5.74, 6) is 1.02. The average molecular weight is 253 g/mol. The fourth-order valence-electron chi connectivity index (χ4n) is 2.62. The Bertz CT molecular complexity index is 574. The summed E-state index contributed by atoms with van der Waals surface area (Å²) in [7, 11) is 0. The van der Waals surface area contributed by atoms with Gasteiger partial charge in [-0.25, -0.2) is 0 Å². The maximum absolute atomic E-state index is 5.97. The zero-order valence-corrected chi connectivity index (χ0v) is 11.2. The van der Waals surface area contributed by atoms with E-state index < -0.39 is 0 Å². The van der Waals surface area contributed by atoms with Crippen LogP contribution in [0.5, 0.6) is 5.75 Å². The molecule has 19 heavy (non-hydrogen) atoms. The Hall–Kier alpha value is -1.80. The number of hydrogen-bond acceptors (Lipinski definition) is 2. The number of ether oxygens (including phenoxy) is 1. The summed E-state index contributed by atoms with van der Waals surface area (Å²) in [6.45, 7) is 2.74. The highest BCUT2D eigenvalue weighted by molar-refractivity contribution is 5.73. The maximum atomic E-state index is 5.97. The van der Waals surface area contributed by atoms with E-state index in [9.17, 15) is 0 Å². The van der Waals surface area contributed by atoms with E-state index >= 15 is 0 Å². The van der Waals surface area contributed by atoms with Gasteiger partial charge >= 0.3 is 0 Å². The molecule has 0 fully saturated rings. The Morgan fingerprint density at radius 3 is 2.63 bits per heavy atom. The number of benzene rings is 2. The fourth-order valence-corrected chi connectivity index (χ4v) is 2.62. The van der Waals surface area contributed by atoms with Gasteiger partial charge in [-0.15, -0.1) is 0 Å². The summed E-state index contributed by atoms with van der Waals surface area (Å²) in [5.41, 5.74) is 10.7. The molecule has 98 valence electrons. The van der Waals surface area contributed by atoms with Gasteiger partial charge < -0.3 is 10.5 Å². The first kappa shape index (κ1) is 12.2. The second-order valence-corrected chi connectivity index (χ2v) is 5.02. The van der Waals surface area contributed by atoms with E-state index in [0.29, 0.717) is 6.54 Å². The van der Waals surface area contributed by atoms with Gasteiger partial charge in [-0.05, 0) is 23.1 Å². The van der Waals surface area contributed by atoms with E-state index in [4.69, 9.17) is 10.5 Å². The Morgan fingerprint density at radius 1 is 1.16 bits per heavy atom. The molecule has 0 spiro atoms. The molecule has 0 bridgehead atoms. The van der Waals surface area contributed by atoms with E-state index in [2.05, 4.69) is 49.4 Å². The van der Waals surface area contributed by atoms with Crippen LogP contribution in [-0.4, -0.2) is 12.6 Å². The lowest BCUT2D eigenvalue weighted by Gasteiger charge is -2.11. The van der Waals surface area contributed by atoms with Crippen LogP contribution in [0.4, 0.5) is 0 Å². The number of rotatable bonds is 3. The zero-order valence-electron chi connectivity index (χ0n) is 11.2. The first-order chi connectivity index (χ1) is 9.31. The maximum Gasteiger partial charge on any atom is 0.130 e. The van der Waals surface area contributed by atoms with Crippen LogP contribution in [0.2, 0.25) is 0 Å². The van der Waals surface area contributed by atoms with Gasteiger partial charge in [0.1, 0.15) is 11.9 Å². The second kappa shape index (κ2) is 5.06. The van der Waals surface area contributed by atoms with Crippen molar-refractivity contribution in [3.63, 3.8) is 0 Å². The van der Waals surface area contributed by atoms with E-state index in [1.165, 1.54) is 22.3 Å². The van der Waals surface area contributed by atoms with Gasteiger partial charge in [0.15, 0.2) is 0 Å². The van der Waals surface area contributed by atoms with Gasteiger partial charge in [0.2, 0.25) is 0 Å². The lowest BCUT2D eigenvalue weighted by Crippen LogP contribution is -2.24. The Labute approximate surface area is 114 Å². The summed E-state index contributed by atoms with van der Waals surface area (Å²) in [6, 6.07) is 15.1. The quantitative estimate of drug-likeness (QED) is 0.911. The number of fused-ring (bicyclic) bond motifs is 1. The van der Waals surface area contributed by atoms with Crippen molar-refractivity contribution in [2.24, 2.45) is 5.73 Å². The summed E-state index contributed by atoms with van der Waals surface area (Å²) in [6.07, 6.45) is 2.12. The van der Waals surface area contributed by atoms with Crippen molar-refractivity contribution in [2.75, 3.05) is 6.54 Å². The molecule has 1 aliphatic heterocycles. The molecule has 2 aromatic rings. The molecular formula is C17H19NO. The van der Waals surface area contributed by atoms with Gasteiger partial charge in [-0.2, -0.15) is 0 Å². The minimum Gasteiger partial charge on any atom is -0.488 e. The van der Waals surface area contributed by atoms with Crippen LogP contribution in [-0.2, 0) is 12.8 Å². The lowest BCUT2D eigenvalue weighted by molar-refractivity contribution is 0.242. The summed E-state index contributed by atoms with van der Waals surface area (Å²) < 4.78 is 5.97. The van der Waals surface area contributed by atoms with Crippen molar-refractivity contribution in [3.8, 4) is 16.9 Å². The van der Waals surface area contributed by atoms with Crippen molar-refractivity contribution >= 4 is 0 Å². The topological polar surface area (TPSA) is 35.2 Å². The Morgan fingerprint density at radius 2 is 1.95 bits per heavy atom. The molecule has 1 heterocycles. The molecule has 3 rings (SSSR count). The minimum atomic E-state index is 0.131. The van der Waals surface area contributed by atoms with Crippen LogP contribution in [0, 0.1) is 0 Å². The highest BCUT2D eigenvalue weighted by Crippen LogP contribution is 2.38. The third-order valence-corrected chi connectivity index (χ3v) is 3.76. The summed E-state index contributed by atoms with van der Waals surface area (Å²) >= 11 is 0. The Kier molecular flexibility index (Phi) is 3.26. The first-order valence-electron chi connectivity index (χ1n) is 6.89. The predicted octanol–water partition coefficient (Wildman–Crippen LogP) is 3.18. The molecule has 0 amide bonds. The van der Waals surface area contributed by atoms with Gasteiger partial charge in [0, 0.05) is 18.5 Å². The molecule has 2 aromatic carbocycles. The molecule has 0 aromatic heterocycles. The van der Waals surface area contributed by atoms with Gasteiger partial charge in [0.25, 0.3) is 0 Å². The first-order valence-corrected chi connectivity index (χ1v) is 6.89. The molecule has 0 saturated heterocycles. The van der Waals surface area contributed by atoms with Crippen LogP contribution >= 0.6 is 0 Å². The van der Waals surface area contributed by atoms with Crippen molar-refractivity contribution in [1.29, 1.82) is 0 Å². The molecule has 1 atom stereocenters. The van der Waals surface area contributed by atoms with Crippen LogP contribution in [0.1, 0.15) is 18.1 Å². The molecule has 2 N–H and O–H groups in total. The fraction of sp³-hybridized carbons (Fsp3) is 0.294. The SMILES string of the molecule is CCc1ccc(-c2cccc3c2O[C@H](CN)C3)cc1. The van der Waals surface area contributed by atoms with Crippen LogP contribution < -0.4 is 10.5 Å². The average Bonchev–Trinajstić information content (AvgIpc) is 2.90. The number of hydrogen-bond donors (Lipinski definition) is 1. The van der Waals surface area contributed by atoms with Crippen LogP contribution in [0.15, 0.2) is 42.5 Å². The van der Waals surface area contributed by atoms with Crippen LogP contribution in [0.3, 0.4) is 0 Å². The number of aryl methyl sites for hydroxylation is 1. The third kappa shape index (κ3) is 2.24. The monoisotopic (exact) mass is 253 g/mol. The Balaban J connectivity index is 2.00. The molecule has 0 aliphatic carbocycles. The van der Waals surface area contributed by atoms with Crippen molar-refractivity contribution < 1.29 is 4.74 Å². The third-order valence-electron chi connectivity index (χ3n) is 3.76. The molecule has 1 aliphatic rings. The van der Waals surface area contributed by atoms with Crippen LogP contribution in [0.25, 0.3) is 11.1 Å². The summed E-state index contributed by atoms with van der Waals surface area (Å²) in [5, 5.41) is 0. The number of nitrogens with two attached hydrogens (primary N) is 1.